The van der Waals surface area contributed by atoms with Gasteiger partial charge in [0.05, 0.1) is 29.0 Å². The van der Waals surface area contributed by atoms with Crippen molar-refractivity contribution in [3.05, 3.63) is 119 Å². The molecule has 1 aromatic heterocycles. The highest BCUT2D eigenvalue weighted by Crippen LogP contribution is 2.44. The van der Waals surface area contributed by atoms with Crippen molar-refractivity contribution < 1.29 is 19.4 Å². The lowest BCUT2D eigenvalue weighted by Crippen LogP contribution is -2.38. The number of thiazole rings is 1. The number of thioether (sulfide) groups is 1. The van der Waals surface area contributed by atoms with Crippen LogP contribution in [0.4, 0.5) is 4.79 Å². The number of carbonyl (C=O) groups is 1. The molecular formula is C36H37N3O4S2. The number of benzene rings is 4. The van der Waals surface area contributed by atoms with Crippen molar-refractivity contribution in [2.45, 2.75) is 49.8 Å². The van der Waals surface area contributed by atoms with Crippen LogP contribution in [0.15, 0.2) is 101 Å². The first-order valence-electron chi connectivity index (χ1n) is 15.2. The number of urea groups is 1. The maximum absolute atomic E-state index is 11.9. The van der Waals surface area contributed by atoms with Gasteiger partial charge in [-0.15, -0.1) is 11.3 Å². The molecule has 1 aliphatic rings. The number of aliphatic hydroxyl groups is 1. The van der Waals surface area contributed by atoms with Crippen LogP contribution in [0.3, 0.4) is 0 Å². The molecule has 1 aliphatic heterocycles. The Morgan fingerprint density at radius 1 is 0.889 bits per heavy atom. The predicted octanol–water partition coefficient (Wildman–Crippen LogP) is 7.86. The zero-order valence-corrected chi connectivity index (χ0v) is 26.9. The van der Waals surface area contributed by atoms with E-state index in [-0.39, 0.29) is 30.8 Å². The molecule has 4 aromatic carbocycles. The first kappa shape index (κ1) is 31.3. The van der Waals surface area contributed by atoms with Crippen molar-refractivity contribution in [3.63, 3.8) is 0 Å². The molecule has 5 aromatic rings. The minimum Gasteiger partial charge on any atom is -0.392 e. The molecule has 9 heteroatoms. The number of rotatable bonds is 10. The summed E-state index contributed by atoms with van der Waals surface area (Å²) in [6.45, 7) is 5.11. The molecule has 0 aliphatic carbocycles. The number of hydrogen-bond acceptors (Lipinski definition) is 7. The highest BCUT2D eigenvalue weighted by Gasteiger charge is 2.38. The Morgan fingerprint density at radius 3 is 2.44 bits per heavy atom. The molecule has 0 saturated carbocycles. The highest BCUT2D eigenvalue weighted by atomic mass is 32.2. The van der Waals surface area contributed by atoms with Crippen molar-refractivity contribution in [3.8, 4) is 11.1 Å². The van der Waals surface area contributed by atoms with E-state index in [1.807, 2.05) is 73.7 Å². The summed E-state index contributed by atoms with van der Waals surface area (Å²) in [6, 6.07) is 32.5. The van der Waals surface area contributed by atoms with Gasteiger partial charge in [-0.3, -0.25) is 0 Å². The van der Waals surface area contributed by atoms with Gasteiger partial charge in [0.2, 0.25) is 0 Å². The summed E-state index contributed by atoms with van der Waals surface area (Å²) in [4.78, 5) is 16.7. The fraction of sp³-hybridized carbons (Fsp3) is 0.278. The fourth-order valence-electron chi connectivity index (χ4n) is 5.51. The van der Waals surface area contributed by atoms with E-state index in [0.29, 0.717) is 13.1 Å². The van der Waals surface area contributed by atoms with Crippen LogP contribution in [0.5, 0.6) is 0 Å². The highest BCUT2D eigenvalue weighted by molar-refractivity contribution is 8.01. The summed E-state index contributed by atoms with van der Waals surface area (Å²) in [6.07, 6.45) is -0.840. The second-order valence-electron chi connectivity index (χ2n) is 11.1. The van der Waals surface area contributed by atoms with Crippen LogP contribution in [0.2, 0.25) is 0 Å². The number of aromatic nitrogens is 1. The second-order valence-corrected chi connectivity index (χ2v) is 13.4. The molecule has 4 unspecified atom stereocenters. The normalized spacial score (nSPS) is 19.8. The van der Waals surface area contributed by atoms with E-state index in [4.69, 9.17) is 14.5 Å². The lowest BCUT2D eigenvalue weighted by Gasteiger charge is -2.41. The zero-order chi connectivity index (χ0) is 31.2. The molecule has 2 amide bonds. The number of amides is 2. The van der Waals surface area contributed by atoms with Crippen molar-refractivity contribution in [2.24, 2.45) is 5.92 Å². The van der Waals surface area contributed by atoms with Crippen LogP contribution < -0.4 is 10.6 Å². The Labute approximate surface area is 272 Å². The van der Waals surface area contributed by atoms with Crippen molar-refractivity contribution in [2.75, 3.05) is 12.3 Å². The number of hydrogen-bond donors (Lipinski definition) is 3. The Hall–Kier alpha value is -3.73. The van der Waals surface area contributed by atoms with E-state index in [1.165, 1.54) is 4.70 Å². The first-order chi connectivity index (χ1) is 22.0. The monoisotopic (exact) mass is 639 g/mol. The molecule has 0 bridgehead atoms. The van der Waals surface area contributed by atoms with Gasteiger partial charge in [-0.05, 0) is 59.0 Å². The average molecular weight is 640 g/mol. The smallest absolute Gasteiger partial charge is 0.315 e. The number of para-hydroxylation sites is 1. The van der Waals surface area contributed by atoms with E-state index >= 15 is 0 Å². The quantitative estimate of drug-likeness (QED) is 0.135. The van der Waals surface area contributed by atoms with Crippen molar-refractivity contribution in [1.29, 1.82) is 0 Å². The van der Waals surface area contributed by atoms with Crippen LogP contribution in [-0.4, -0.2) is 34.5 Å². The number of aliphatic hydroxyl groups excluding tert-OH is 1. The second kappa shape index (κ2) is 14.6. The van der Waals surface area contributed by atoms with Gasteiger partial charge in [0.1, 0.15) is 0 Å². The SMILES string of the molecule is CCNC(=O)NCc1cccc(-c2cccc(C3OC(CSc4nc5ccccc5s4)C(C)C(c4ccc(CO)cc4)O3)c2)c1. The van der Waals surface area contributed by atoms with Crippen molar-refractivity contribution >= 4 is 39.3 Å². The van der Waals surface area contributed by atoms with Crippen LogP contribution in [0, 0.1) is 5.92 Å². The summed E-state index contributed by atoms with van der Waals surface area (Å²) >= 11 is 3.44. The van der Waals surface area contributed by atoms with Crippen LogP contribution in [0.25, 0.3) is 21.3 Å². The molecule has 232 valence electrons. The van der Waals surface area contributed by atoms with Gasteiger partial charge in [-0.2, -0.15) is 0 Å². The molecule has 0 spiro atoms. The number of nitrogens with one attached hydrogen (secondary N) is 2. The van der Waals surface area contributed by atoms with Gasteiger partial charge in [-0.1, -0.05) is 91.5 Å². The maximum Gasteiger partial charge on any atom is 0.315 e. The summed E-state index contributed by atoms with van der Waals surface area (Å²) < 4.78 is 15.6. The number of fused-ring (bicyclic) bond motifs is 1. The molecule has 7 nitrogen and oxygen atoms in total. The van der Waals surface area contributed by atoms with Gasteiger partial charge < -0.3 is 25.2 Å². The number of ether oxygens (including phenoxy) is 2. The molecule has 1 saturated heterocycles. The van der Waals surface area contributed by atoms with E-state index in [2.05, 4.69) is 47.9 Å². The Kier molecular flexibility index (Phi) is 10.1. The fourth-order valence-corrected chi connectivity index (χ4v) is 7.77. The Morgan fingerprint density at radius 2 is 1.67 bits per heavy atom. The third-order valence-corrected chi connectivity index (χ3v) is 10.2. The van der Waals surface area contributed by atoms with Crippen LogP contribution in [0.1, 0.15) is 48.5 Å². The molecular weight excluding hydrogens is 603 g/mol. The van der Waals surface area contributed by atoms with Gasteiger partial charge >= 0.3 is 6.03 Å². The third-order valence-electron chi connectivity index (χ3n) is 7.98. The third kappa shape index (κ3) is 7.57. The molecule has 0 radical (unpaired) electrons. The number of nitrogens with zero attached hydrogens (tertiary/aromatic N) is 1. The van der Waals surface area contributed by atoms with Gasteiger partial charge in [0.25, 0.3) is 0 Å². The molecule has 4 atom stereocenters. The number of carbonyl (C=O) groups excluding carboxylic acids is 1. The molecule has 45 heavy (non-hydrogen) atoms. The molecule has 3 N–H and O–H groups in total. The minimum absolute atomic E-state index is 0.00448. The zero-order valence-electron chi connectivity index (χ0n) is 25.3. The Bertz CT molecular complexity index is 1710. The largest absolute Gasteiger partial charge is 0.392 e. The first-order valence-corrected chi connectivity index (χ1v) is 17.0. The Balaban J connectivity index is 1.24. The van der Waals surface area contributed by atoms with E-state index < -0.39 is 6.29 Å². The summed E-state index contributed by atoms with van der Waals surface area (Å²) in [5.41, 5.74) is 7.00. The lowest BCUT2D eigenvalue weighted by molar-refractivity contribution is -0.268. The van der Waals surface area contributed by atoms with Crippen LogP contribution >= 0.6 is 23.1 Å². The van der Waals surface area contributed by atoms with E-state index in [0.717, 1.165) is 49.0 Å². The van der Waals surface area contributed by atoms with E-state index in [1.54, 1.807) is 23.1 Å². The summed E-state index contributed by atoms with van der Waals surface area (Å²) in [7, 11) is 0. The molecule has 2 heterocycles. The lowest BCUT2D eigenvalue weighted by atomic mass is 9.91. The van der Waals surface area contributed by atoms with Crippen molar-refractivity contribution in [1.82, 2.24) is 15.6 Å². The average Bonchev–Trinajstić information content (AvgIpc) is 3.50. The predicted molar refractivity (Wildman–Crippen MR) is 181 cm³/mol. The van der Waals surface area contributed by atoms with Gasteiger partial charge in [0.15, 0.2) is 10.6 Å². The molecule has 6 rings (SSSR count). The summed E-state index contributed by atoms with van der Waals surface area (Å²) in [5.74, 6) is 0.826. The minimum atomic E-state index is -0.563. The maximum atomic E-state index is 11.9. The van der Waals surface area contributed by atoms with Crippen LogP contribution in [-0.2, 0) is 22.6 Å². The summed E-state index contributed by atoms with van der Waals surface area (Å²) in [5, 5.41) is 15.3. The standard InChI is InChI=1S/C36H37N3O4S2/c1-3-37-35(41)38-20-25-8-6-9-27(18-25)28-10-7-11-29(19-28)34-42-31(22-44-36-39-30-12-4-5-13-32(30)45-36)23(2)33(43-34)26-16-14-24(21-40)15-17-26/h4-19,23,31,33-34,40H,3,20-22H2,1-2H3,(H2,37,38,41). The topological polar surface area (TPSA) is 92.7 Å². The van der Waals surface area contributed by atoms with Gasteiger partial charge in [0, 0.05) is 30.3 Å². The van der Waals surface area contributed by atoms with Gasteiger partial charge in [-0.25, -0.2) is 9.78 Å². The molecule has 1 fully saturated rings. The van der Waals surface area contributed by atoms with E-state index in [9.17, 15) is 9.90 Å².